The number of azide groups is 1. The lowest BCUT2D eigenvalue weighted by Gasteiger charge is -2.43. The van der Waals surface area contributed by atoms with Gasteiger partial charge in [-0.3, -0.25) is 9.59 Å². The van der Waals surface area contributed by atoms with Crippen LogP contribution in [0.5, 0.6) is 0 Å². The summed E-state index contributed by atoms with van der Waals surface area (Å²) in [5.41, 5.74) is 8.25. The van der Waals surface area contributed by atoms with Crippen LogP contribution in [0.25, 0.3) is 10.4 Å². The fourth-order valence-corrected chi connectivity index (χ4v) is 1.45. The predicted octanol–water partition coefficient (Wildman–Crippen LogP) is -0.253. The van der Waals surface area contributed by atoms with Crippen molar-refractivity contribution >= 4 is 11.9 Å². The molecule has 0 radical (unpaired) electrons. The maximum Gasteiger partial charge on any atom is 0.325 e. The Bertz CT molecular complexity index is 379. The molecule has 10 nitrogen and oxygen atoms in total. The van der Waals surface area contributed by atoms with Gasteiger partial charge in [-0.25, -0.2) is 0 Å². The van der Waals surface area contributed by atoms with Crippen LogP contribution in [0.15, 0.2) is 10.5 Å². The molecule has 0 saturated carbocycles. The van der Waals surface area contributed by atoms with E-state index in [1.165, 1.54) is 7.11 Å². The zero-order valence-corrected chi connectivity index (χ0v) is 8.85. The van der Waals surface area contributed by atoms with E-state index in [9.17, 15) is 14.5 Å². The second-order valence-electron chi connectivity index (χ2n) is 3.13. The lowest BCUT2D eigenvalue weighted by Crippen LogP contribution is -2.66. The van der Waals surface area contributed by atoms with Gasteiger partial charge in [0.1, 0.15) is 19.2 Å². The number of amides is 1. The monoisotopic (exact) mass is 243 g/mol. The van der Waals surface area contributed by atoms with Crippen molar-refractivity contribution in [2.45, 2.75) is 12.1 Å². The summed E-state index contributed by atoms with van der Waals surface area (Å²) in [6.45, 7) is -0.532. The Balaban J connectivity index is 2.68. The van der Waals surface area contributed by atoms with Crippen LogP contribution in [0.3, 0.4) is 0 Å². The summed E-state index contributed by atoms with van der Waals surface area (Å²) in [5, 5.41) is 5.41. The highest BCUT2D eigenvalue weighted by Crippen LogP contribution is 2.23. The van der Waals surface area contributed by atoms with Crippen molar-refractivity contribution in [3.8, 4) is 0 Å². The van der Waals surface area contributed by atoms with Gasteiger partial charge in [0.2, 0.25) is 5.91 Å². The summed E-state index contributed by atoms with van der Waals surface area (Å²) in [6, 6.07) is -1.67. The van der Waals surface area contributed by atoms with Gasteiger partial charge in [0.05, 0.1) is 13.2 Å². The minimum atomic E-state index is -0.980. The topological polar surface area (TPSA) is 134 Å². The van der Waals surface area contributed by atoms with E-state index in [1.54, 1.807) is 0 Å². The molecule has 0 aromatic carbocycles. The third-order valence-corrected chi connectivity index (χ3v) is 2.30. The summed E-state index contributed by atoms with van der Waals surface area (Å²) in [5.74, 6) is -1.14. The van der Waals surface area contributed by atoms with Crippen LogP contribution in [0, 0.1) is 4.91 Å². The molecule has 0 spiro atoms. The van der Waals surface area contributed by atoms with Gasteiger partial charge >= 0.3 is 5.97 Å². The molecule has 1 heterocycles. The molecule has 0 bridgehead atoms. The van der Waals surface area contributed by atoms with Crippen LogP contribution in [-0.2, 0) is 19.2 Å². The van der Waals surface area contributed by atoms with Gasteiger partial charge in [-0.15, -0.1) is 4.91 Å². The molecule has 92 valence electrons. The number of carbonyl (C=O) groups is 2. The number of esters is 1. The van der Waals surface area contributed by atoms with Gasteiger partial charge in [-0.2, -0.15) is 0 Å². The van der Waals surface area contributed by atoms with Crippen LogP contribution in [0.1, 0.15) is 0 Å². The molecule has 0 aromatic heterocycles. The number of methoxy groups -OCH3 is 1. The summed E-state index contributed by atoms with van der Waals surface area (Å²) >= 11 is 0. The summed E-state index contributed by atoms with van der Waals surface area (Å²) in [4.78, 5) is 40.1. The van der Waals surface area contributed by atoms with Gasteiger partial charge in [0, 0.05) is 4.91 Å². The van der Waals surface area contributed by atoms with E-state index in [-0.39, 0.29) is 13.2 Å². The van der Waals surface area contributed by atoms with Crippen molar-refractivity contribution in [3.05, 3.63) is 15.3 Å². The van der Waals surface area contributed by atoms with Crippen LogP contribution < -0.4 is 0 Å². The van der Waals surface area contributed by atoms with Crippen molar-refractivity contribution in [2.24, 2.45) is 10.5 Å². The fourth-order valence-electron chi connectivity index (χ4n) is 1.45. The van der Waals surface area contributed by atoms with E-state index in [0.717, 1.165) is 4.90 Å². The van der Waals surface area contributed by atoms with Gasteiger partial charge in [0.25, 0.3) is 0 Å². The zero-order chi connectivity index (χ0) is 12.8. The second kappa shape index (κ2) is 5.66. The van der Waals surface area contributed by atoms with Crippen molar-refractivity contribution < 1.29 is 19.2 Å². The average molecular weight is 243 g/mol. The zero-order valence-electron chi connectivity index (χ0n) is 8.85. The highest BCUT2D eigenvalue weighted by molar-refractivity contribution is 5.92. The Kier molecular flexibility index (Phi) is 4.23. The van der Waals surface area contributed by atoms with Crippen molar-refractivity contribution in [2.75, 3.05) is 20.3 Å². The van der Waals surface area contributed by atoms with Gasteiger partial charge in [-0.1, -0.05) is 5.11 Å². The SMILES string of the molecule is COC(=O)CN1C(=O)[C@H](N=[N+]=[N-])[C@@H]1CON=O. The minimum absolute atomic E-state index is 0.240. The molecule has 1 fully saturated rings. The lowest BCUT2D eigenvalue weighted by molar-refractivity contribution is -0.161. The number of likely N-dealkylation sites (tertiary alicyclic amines) is 1. The third kappa shape index (κ3) is 2.61. The van der Waals surface area contributed by atoms with Crippen LogP contribution >= 0.6 is 0 Å². The molecule has 1 aliphatic rings. The Labute approximate surface area is 95.0 Å². The summed E-state index contributed by atoms with van der Waals surface area (Å²) in [6.07, 6.45) is 0. The van der Waals surface area contributed by atoms with Gasteiger partial charge in [-0.05, 0) is 5.53 Å². The second-order valence-corrected chi connectivity index (χ2v) is 3.13. The maximum absolute atomic E-state index is 11.5. The first-order valence-electron chi connectivity index (χ1n) is 4.51. The smallest absolute Gasteiger partial charge is 0.325 e. The average Bonchev–Trinajstić information content (AvgIpc) is 2.35. The lowest BCUT2D eigenvalue weighted by atomic mass is 9.97. The summed E-state index contributed by atoms with van der Waals surface area (Å²) < 4.78 is 4.39. The molecule has 2 atom stereocenters. The van der Waals surface area contributed by atoms with Crippen LogP contribution in [-0.4, -0.2) is 49.1 Å². The first-order chi connectivity index (χ1) is 8.15. The molecule has 0 N–H and O–H groups in total. The first-order valence-corrected chi connectivity index (χ1v) is 4.51. The molecule has 17 heavy (non-hydrogen) atoms. The standard InChI is InChI=1S/C7H9N5O5/c1-16-5(13)2-12-4(3-17-11-15)6(7(12)14)9-10-8/h4,6H,2-3H2,1H3/t4-,6+/m0/s1. The highest BCUT2D eigenvalue weighted by atomic mass is 16.7. The molecule has 1 rings (SSSR count). The number of carbonyl (C=O) groups excluding carboxylic acids is 2. The van der Waals surface area contributed by atoms with E-state index in [0.29, 0.717) is 0 Å². The number of nitrogens with zero attached hydrogens (tertiary/aromatic N) is 5. The van der Waals surface area contributed by atoms with E-state index in [4.69, 9.17) is 5.53 Å². The first kappa shape index (κ1) is 12.7. The van der Waals surface area contributed by atoms with Crippen molar-refractivity contribution in [1.29, 1.82) is 0 Å². The molecule has 0 aromatic rings. The molecule has 1 aliphatic heterocycles. The third-order valence-electron chi connectivity index (χ3n) is 2.30. The molecule has 10 heteroatoms. The predicted molar refractivity (Wildman–Crippen MR) is 52.2 cm³/mol. The Hall–Kier alpha value is -2.35. The summed E-state index contributed by atoms with van der Waals surface area (Å²) in [7, 11) is 1.18. The van der Waals surface area contributed by atoms with E-state index < -0.39 is 24.0 Å². The number of hydrogen-bond acceptors (Lipinski definition) is 7. The van der Waals surface area contributed by atoms with E-state index >= 15 is 0 Å². The molecule has 1 saturated heterocycles. The Morgan fingerprint density at radius 1 is 1.65 bits per heavy atom. The Morgan fingerprint density at radius 2 is 2.35 bits per heavy atom. The van der Waals surface area contributed by atoms with Gasteiger partial charge < -0.3 is 14.5 Å². The number of ether oxygens (including phenoxy) is 1. The van der Waals surface area contributed by atoms with E-state index in [2.05, 4.69) is 24.9 Å². The minimum Gasteiger partial charge on any atom is -0.468 e. The van der Waals surface area contributed by atoms with Crippen LogP contribution in [0.4, 0.5) is 0 Å². The number of β-lactam (4-membered cyclic amide) rings is 1. The maximum atomic E-state index is 11.5. The van der Waals surface area contributed by atoms with Crippen molar-refractivity contribution in [3.63, 3.8) is 0 Å². The highest BCUT2D eigenvalue weighted by Gasteiger charge is 2.48. The number of hydrogen-bond donors (Lipinski definition) is 0. The molecule has 1 amide bonds. The molecular formula is C7H9N5O5. The van der Waals surface area contributed by atoms with Gasteiger partial charge in [0.15, 0.2) is 5.34 Å². The van der Waals surface area contributed by atoms with Crippen LogP contribution in [0.2, 0.25) is 0 Å². The molecule has 0 aliphatic carbocycles. The fraction of sp³-hybridized carbons (Fsp3) is 0.714. The normalized spacial score (nSPS) is 22.2. The molecular weight excluding hydrogens is 234 g/mol. The van der Waals surface area contributed by atoms with E-state index in [1.807, 2.05) is 0 Å². The largest absolute Gasteiger partial charge is 0.468 e. The number of rotatable bonds is 6. The Morgan fingerprint density at radius 3 is 2.88 bits per heavy atom. The quantitative estimate of drug-likeness (QED) is 0.120. The van der Waals surface area contributed by atoms with Crippen molar-refractivity contribution in [1.82, 2.24) is 4.90 Å². The molecule has 0 unspecified atom stereocenters.